The first-order chi connectivity index (χ1) is 11.8. The lowest BCUT2D eigenvalue weighted by Crippen LogP contribution is -2.41. The third-order valence-electron chi connectivity index (χ3n) is 4.67. The fraction of sp³-hybridized carbons (Fsp3) is 0.450. The molecule has 0 aliphatic carbocycles. The first-order valence-corrected chi connectivity index (χ1v) is 8.83. The van der Waals surface area contributed by atoms with Crippen molar-refractivity contribution in [2.75, 3.05) is 26.2 Å². The van der Waals surface area contributed by atoms with Gasteiger partial charge in [0, 0.05) is 19.7 Å². The monoisotopic (exact) mass is 362 g/mol. The van der Waals surface area contributed by atoms with Crippen molar-refractivity contribution in [3.63, 3.8) is 0 Å². The fourth-order valence-electron chi connectivity index (χ4n) is 3.24. The number of hydrogen-bond donors (Lipinski definition) is 1. The maximum atomic E-state index is 12.5. The maximum Gasteiger partial charge on any atom is 0.226 e. The molecule has 136 valence electrons. The normalized spacial score (nSPS) is 15.2. The first kappa shape index (κ1) is 19.7. The molecule has 5 heteroatoms. The molecule has 0 bridgehead atoms. The van der Waals surface area contributed by atoms with Gasteiger partial charge in [0.15, 0.2) is 0 Å². The van der Waals surface area contributed by atoms with Crippen LogP contribution in [0, 0.1) is 0 Å². The summed E-state index contributed by atoms with van der Waals surface area (Å²) < 4.78 is 5.80. The smallest absolute Gasteiger partial charge is 0.226 e. The van der Waals surface area contributed by atoms with Crippen LogP contribution in [0.15, 0.2) is 42.5 Å². The lowest BCUT2D eigenvalue weighted by atomic mass is 10.0. The number of hydrogen-bond acceptors (Lipinski definition) is 3. The highest BCUT2D eigenvalue weighted by Crippen LogP contribution is 2.18. The van der Waals surface area contributed by atoms with Crippen LogP contribution in [0.25, 0.3) is 10.8 Å². The Morgan fingerprint density at radius 2 is 1.84 bits per heavy atom. The number of amides is 1. The van der Waals surface area contributed by atoms with Gasteiger partial charge in [0.05, 0.1) is 12.5 Å². The van der Waals surface area contributed by atoms with E-state index >= 15 is 0 Å². The number of carbonyl (C=O) groups excluding carboxylic acids is 1. The fourth-order valence-corrected chi connectivity index (χ4v) is 3.24. The molecular weight excluding hydrogens is 336 g/mol. The molecule has 1 fully saturated rings. The van der Waals surface area contributed by atoms with E-state index in [4.69, 9.17) is 10.5 Å². The third-order valence-corrected chi connectivity index (χ3v) is 4.67. The number of rotatable bonds is 6. The Balaban J connectivity index is 0.00000225. The number of nitrogens with two attached hydrogens (primary N) is 1. The van der Waals surface area contributed by atoms with E-state index in [2.05, 4.69) is 30.3 Å². The number of benzene rings is 2. The van der Waals surface area contributed by atoms with Crippen LogP contribution < -0.4 is 5.73 Å². The van der Waals surface area contributed by atoms with E-state index in [0.717, 1.165) is 44.5 Å². The number of halogens is 1. The van der Waals surface area contributed by atoms with E-state index in [1.165, 1.54) is 10.8 Å². The predicted octanol–water partition coefficient (Wildman–Crippen LogP) is 3.16. The molecule has 2 N–H and O–H groups in total. The molecule has 0 atom stereocenters. The SMILES string of the molecule is Cl.NCCCOC1CCN(C(=O)Cc2ccc3ccccc3c2)CC1. The van der Waals surface area contributed by atoms with Gasteiger partial charge in [-0.3, -0.25) is 4.79 Å². The molecule has 1 aliphatic rings. The quantitative estimate of drug-likeness (QED) is 0.803. The highest BCUT2D eigenvalue weighted by Gasteiger charge is 2.23. The molecule has 0 aromatic heterocycles. The van der Waals surface area contributed by atoms with Gasteiger partial charge in [-0.25, -0.2) is 0 Å². The largest absolute Gasteiger partial charge is 0.378 e. The Hall–Kier alpha value is -1.62. The molecule has 3 rings (SSSR count). The second kappa shape index (κ2) is 9.76. The molecule has 4 nitrogen and oxygen atoms in total. The number of piperidine rings is 1. The van der Waals surface area contributed by atoms with Gasteiger partial charge in [0.2, 0.25) is 5.91 Å². The molecule has 25 heavy (non-hydrogen) atoms. The van der Waals surface area contributed by atoms with Gasteiger partial charge >= 0.3 is 0 Å². The van der Waals surface area contributed by atoms with Gasteiger partial charge in [0.1, 0.15) is 0 Å². The van der Waals surface area contributed by atoms with Crippen molar-refractivity contribution in [3.8, 4) is 0 Å². The van der Waals surface area contributed by atoms with Crippen molar-refractivity contribution in [2.24, 2.45) is 5.73 Å². The summed E-state index contributed by atoms with van der Waals surface area (Å²) in [7, 11) is 0. The van der Waals surface area contributed by atoms with E-state index < -0.39 is 0 Å². The highest BCUT2D eigenvalue weighted by molar-refractivity contribution is 5.86. The predicted molar refractivity (Wildman–Crippen MR) is 104 cm³/mol. The van der Waals surface area contributed by atoms with Crippen molar-refractivity contribution < 1.29 is 9.53 Å². The van der Waals surface area contributed by atoms with E-state index in [9.17, 15) is 4.79 Å². The Labute approximate surface area is 155 Å². The minimum atomic E-state index is 0. The van der Waals surface area contributed by atoms with Gasteiger partial charge in [-0.1, -0.05) is 42.5 Å². The van der Waals surface area contributed by atoms with Gasteiger partial charge in [-0.15, -0.1) is 12.4 Å². The second-order valence-corrected chi connectivity index (χ2v) is 6.45. The van der Waals surface area contributed by atoms with Gasteiger partial charge < -0.3 is 15.4 Å². The average molecular weight is 363 g/mol. The van der Waals surface area contributed by atoms with E-state index in [0.29, 0.717) is 13.0 Å². The van der Waals surface area contributed by atoms with Crippen LogP contribution in [-0.2, 0) is 16.0 Å². The van der Waals surface area contributed by atoms with Crippen LogP contribution in [0.4, 0.5) is 0 Å². The molecule has 2 aromatic carbocycles. The first-order valence-electron chi connectivity index (χ1n) is 8.83. The number of carbonyl (C=O) groups is 1. The van der Waals surface area contributed by atoms with Crippen molar-refractivity contribution in [2.45, 2.75) is 31.8 Å². The summed E-state index contributed by atoms with van der Waals surface area (Å²) in [6.07, 6.45) is 3.51. The Kier molecular flexibility index (Phi) is 7.69. The molecule has 1 saturated heterocycles. The lowest BCUT2D eigenvalue weighted by molar-refractivity contribution is -0.133. The number of nitrogens with zero attached hydrogens (tertiary/aromatic N) is 1. The van der Waals surface area contributed by atoms with Crippen LogP contribution in [-0.4, -0.2) is 43.2 Å². The number of ether oxygens (including phenoxy) is 1. The standard InChI is InChI=1S/C20H26N2O2.ClH/c21-10-3-13-24-19-8-11-22(12-9-19)20(23)15-16-6-7-17-4-1-2-5-18(17)14-16;/h1-2,4-7,14,19H,3,8-13,15,21H2;1H. The summed E-state index contributed by atoms with van der Waals surface area (Å²) in [4.78, 5) is 14.5. The topological polar surface area (TPSA) is 55.6 Å². The Bertz CT molecular complexity index is 684. The Morgan fingerprint density at radius 1 is 1.12 bits per heavy atom. The molecule has 1 heterocycles. The lowest BCUT2D eigenvalue weighted by Gasteiger charge is -2.32. The van der Waals surface area contributed by atoms with Gasteiger partial charge in [-0.2, -0.15) is 0 Å². The summed E-state index contributed by atoms with van der Waals surface area (Å²) in [5.74, 6) is 0.214. The summed E-state index contributed by atoms with van der Waals surface area (Å²) >= 11 is 0. The third kappa shape index (κ3) is 5.43. The molecule has 0 radical (unpaired) electrons. The van der Waals surface area contributed by atoms with Crippen molar-refractivity contribution in [1.29, 1.82) is 0 Å². The van der Waals surface area contributed by atoms with E-state index in [1.54, 1.807) is 0 Å². The Morgan fingerprint density at radius 3 is 2.56 bits per heavy atom. The summed E-state index contributed by atoms with van der Waals surface area (Å²) in [6.45, 7) is 2.98. The van der Waals surface area contributed by atoms with E-state index in [-0.39, 0.29) is 24.4 Å². The van der Waals surface area contributed by atoms with Crippen molar-refractivity contribution >= 4 is 29.1 Å². The molecule has 0 spiro atoms. The van der Waals surface area contributed by atoms with Gasteiger partial charge in [-0.05, 0) is 42.1 Å². The maximum absolute atomic E-state index is 12.5. The van der Waals surface area contributed by atoms with Gasteiger partial charge in [0.25, 0.3) is 0 Å². The van der Waals surface area contributed by atoms with Crippen LogP contribution in [0.5, 0.6) is 0 Å². The van der Waals surface area contributed by atoms with Crippen LogP contribution in [0.1, 0.15) is 24.8 Å². The van der Waals surface area contributed by atoms with Crippen molar-refractivity contribution in [3.05, 3.63) is 48.0 Å². The average Bonchev–Trinajstić information content (AvgIpc) is 2.62. The second-order valence-electron chi connectivity index (χ2n) is 6.45. The molecular formula is C20H27ClN2O2. The molecule has 1 aliphatic heterocycles. The molecule has 2 aromatic rings. The summed E-state index contributed by atoms with van der Waals surface area (Å²) in [6, 6.07) is 14.5. The van der Waals surface area contributed by atoms with Crippen molar-refractivity contribution in [1.82, 2.24) is 4.90 Å². The molecule has 0 saturated carbocycles. The highest BCUT2D eigenvalue weighted by atomic mass is 35.5. The zero-order valence-electron chi connectivity index (χ0n) is 14.5. The number of likely N-dealkylation sites (tertiary alicyclic amines) is 1. The molecule has 0 unspecified atom stereocenters. The van der Waals surface area contributed by atoms with E-state index in [1.807, 2.05) is 17.0 Å². The minimum absolute atomic E-state index is 0. The zero-order chi connectivity index (χ0) is 16.8. The summed E-state index contributed by atoms with van der Waals surface area (Å²) in [5.41, 5.74) is 6.56. The number of fused-ring (bicyclic) bond motifs is 1. The zero-order valence-corrected chi connectivity index (χ0v) is 15.3. The van der Waals surface area contributed by atoms with Crippen LogP contribution >= 0.6 is 12.4 Å². The summed E-state index contributed by atoms with van der Waals surface area (Å²) in [5, 5.41) is 2.40. The molecule has 1 amide bonds. The van der Waals surface area contributed by atoms with Crippen LogP contribution in [0.2, 0.25) is 0 Å². The minimum Gasteiger partial charge on any atom is -0.378 e. The van der Waals surface area contributed by atoms with Crippen LogP contribution in [0.3, 0.4) is 0 Å².